The maximum absolute atomic E-state index is 10.8. The molecule has 3 aromatic heterocycles. The van der Waals surface area contributed by atoms with Crippen molar-refractivity contribution in [3.63, 3.8) is 0 Å². The van der Waals surface area contributed by atoms with Crippen LogP contribution in [-0.2, 0) is 22.3 Å². The Morgan fingerprint density at radius 1 is 0.458 bits per heavy atom. The fraction of sp³-hybridized carbons (Fsp3) is 0.439. The minimum atomic E-state index is -1.56. The van der Waals surface area contributed by atoms with Crippen LogP contribution in [0.3, 0.4) is 0 Å². The largest absolute Gasteiger partial charge is 0.462 e. The predicted molar refractivity (Wildman–Crippen MR) is 277 cm³/mol. The minimum absolute atomic E-state index is 0.355. The quantitative estimate of drug-likeness (QED) is 0.0371. The smallest absolute Gasteiger partial charge is 0.229 e. The number of nitrogens with one attached hydrogen (secondary N) is 2. The number of nitrogens with zero attached hydrogens (tertiary/aromatic N) is 2. The highest BCUT2D eigenvalue weighted by atomic mass is 16.7. The van der Waals surface area contributed by atoms with Crippen LogP contribution in [0, 0.1) is 0 Å². The number of H-pyrrole nitrogens is 2. The molecule has 0 amide bonds. The molecular formula is C57H68N4O11. The first-order chi connectivity index (χ1) is 35.0. The van der Waals surface area contributed by atoms with E-state index in [0.717, 1.165) is 142 Å². The molecule has 10 atom stereocenters. The van der Waals surface area contributed by atoms with Gasteiger partial charge in [-0.2, -0.15) is 0 Å². The van der Waals surface area contributed by atoms with Crippen LogP contribution in [0.1, 0.15) is 112 Å². The molecule has 2 saturated heterocycles. The van der Waals surface area contributed by atoms with Crippen molar-refractivity contribution < 1.29 is 54.7 Å². The lowest BCUT2D eigenvalue weighted by atomic mass is 9.97. The summed E-state index contributed by atoms with van der Waals surface area (Å²) in [5.74, 6) is 0.783. The van der Waals surface area contributed by atoms with Gasteiger partial charge in [-0.3, -0.25) is 0 Å². The molecule has 72 heavy (non-hydrogen) atoms. The molecule has 15 nitrogen and oxygen atoms in total. The molecule has 8 bridgehead atoms. The van der Waals surface area contributed by atoms with Gasteiger partial charge in [0.25, 0.3) is 0 Å². The van der Waals surface area contributed by atoms with Gasteiger partial charge < -0.3 is 64.7 Å². The number of aliphatic hydroxyl groups is 7. The number of aliphatic hydroxyl groups excluding tert-OH is 7. The predicted octanol–water partition coefficient (Wildman–Crippen LogP) is 8.01. The maximum Gasteiger partial charge on any atom is 0.229 e. The highest BCUT2D eigenvalue weighted by Crippen LogP contribution is 2.37. The Morgan fingerprint density at radius 2 is 0.861 bits per heavy atom. The van der Waals surface area contributed by atoms with Crippen LogP contribution in [-0.4, -0.2) is 124 Å². The van der Waals surface area contributed by atoms with E-state index in [1.165, 1.54) is 0 Å². The first-order valence-electron chi connectivity index (χ1n) is 25.7. The highest BCUT2D eigenvalue weighted by molar-refractivity contribution is 5.94. The number of aryl methyl sites for hydroxylation is 2. The molecule has 2 aromatic carbocycles. The first kappa shape index (κ1) is 51.2. The first-order valence-corrected chi connectivity index (χ1v) is 25.7. The second-order valence-corrected chi connectivity index (χ2v) is 19.2. The van der Waals surface area contributed by atoms with Crippen molar-refractivity contribution in [1.29, 1.82) is 0 Å². The van der Waals surface area contributed by atoms with E-state index in [-0.39, 0.29) is 0 Å². The molecule has 382 valence electrons. The lowest BCUT2D eigenvalue weighted by Gasteiger charge is -2.40. The number of ether oxygens (including phenoxy) is 4. The summed E-state index contributed by atoms with van der Waals surface area (Å²) in [6, 6.07) is 23.3. The number of rotatable bonds is 18. The molecule has 2 fully saturated rings. The Bertz CT molecular complexity index is 2680. The summed E-state index contributed by atoms with van der Waals surface area (Å²) in [6.45, 7) is 5.69. The zero-order valence-corrected chi connectivity index (χ0v) is 41.2. The number of hydrogen-bond donors (Lipinski definition) is 9. The number of hydrogen-bond acceptors (Lipinski definition) is 13. The SMILES string of the molecule is CCCCCCc1c2nc(c(-c3ccc(O[C@@H]4OC(CO)[C@H](O)[C@H](O)C4O)cc3)c3ccc([nH]3)c(CCCCCC)c3nc(c(-c4ccc(OC5O[C@H](CC)C(O)[C@@H](O)[C@H]5O)cc4)c4ccc1[nH]4)C=C3)C=C2. The van der Waals surface area contributed by atoms with E-state index in [1.807, 2.05) is 43.3 Å². The van der Waals surface area contributed by atoms with E-state index < -0.39 is 68.0 Å². The molecule has 4 aliphatic heterocycles. The topological polar surface area (TPSA) is 236 Å². The average molecular weight is 985 g/mol. The fourth-order valence-corrected chi connectivity index (χ4v) is 10.1. The van der Waals surface area contributed by atoms with Crippen molar-refractivity contribution in [2.24, 2.45) is 0 Å². The number of aromatic nitrogens is 4. The monoisotopic (exact) mass is 984 g/mol. The Balaban J connectivity index is 1.18. The minimum Gasteiger partial charge on any atom is -0.462 e. The fourth-order valence-electron chi connectivity index (χ4n) is 10.1. The van der Waals surface area contributed by atoms with Crippen LogP contribution < -0.4 is 9.47 Å². The van der Waals surface area contributed by atoms with E-state index in [9.17, 15) is 35.7 Å². The molecule has 0 saturated carbocycles. The van der Waals surface area contributed by atoms with Gasteiger partial charge in [0.05, 0.1) is 35.5 Å². The molecule has 5 aromatic rings. The molecular weight excluding hydrogens is 917 g/mol. The third-order valence-electron chi connectivity index (χ3n) is 14.2. The van der Waals surface area contributed by atoms with E-state index >= 15 is 0 Å². The summed E-state index contributed by atoms with van der Waals surface area (Å²) in [7, 11) is 0. The lowest BCUT2D eigenvalue weighted by Crippen LogP contribution is -2.60. The van der Waals surface area contributed by atoms with Crippen LogP contribution in [0.4, 0.5) is 0 Å². The van der Waals surface area contributed by atoms with Gasteiger partial charge in [-0.1, -0.05) is 83.6 Å². The average Bonchev–Trinajstić information content (AvgIpc) is 4.26. The summed E-state index contributed by atoms with van der Waals surface area (Å²) in [4.78, 5) is 18.4. The van der Waals surface area contributed by atoms with Crippen molar-refractivity contribution >= 4 is 46.4 Å². The Morgan fingerprint density at radius 3 is 1.28 bits per heavy atom. The Hall–Kier alpha value is -5.72. The summed E-state index contributed by atoms with van der Waals surface area (Å²) in [6.07, 6.45) is 5.92. The van der Waals surface area contributed by atoms with Crippen LogP contribution >= 0.6 is 0 Å². The van der Waals surface area contributed by atoms with E-state index in [2.05, 4.69) is 72.4 Å². The second kappa shape index (κ2) is 23.0. The Kier molecular flexibility index (Phi) is 16.4. The standard InChI is InChI=1S/C57H68N4O11/c1-4-7-9-11-13-36-38-23-27-42(58-38)48(32-15-19-34(20-16-32)69-56-54(67)52(65)50(63)46(6-3)71-56)43-28-24-39(59-43)37(14-12-10-8-5-2)41-26-30-45(61-41)49(44-29-25-40(36)60-44)33-17-21-35(22-18-33)70-57-55(68)53(66)51(64)47(31-62)72-57/h15-30,46-47,50-58,61-68H,4-14,31H2,1-3H3/t46-,47?,50?,51+,52-,53+,54-,55?,56?,57-/m1/s1. The van der Waals surface area contributed by atoms with Gasteiger partial charge in [0.15, 0.2) is 0 Å². The van der Waals surface area contributed by atoms with Gasteiger partial charge in [-0.15, -0.1) is 0 Å². The third kappa shape index (κ3) is 10.8. The van der Waals surface area contributed by atoms with Crippen LogP contribution in [0.2, 0.25) is 0 Å². The van der Waals surface area contributed by atoms with Gasteiger partial charge in [0, 0.05) is 44.3 Å². The van der Waals surface area contributed by atoms with E-state index in [0.29, 0.717) is 17.9 Å². The molecule has 0 radical (unpaired) electrons. The number of aromatic amines is 2. The summed E-state index contributed by atoms with van der Waals surface area (Å²) >= 11 is 0. The number of unbranched alkanes of at least 4 members (excludes halogenated alkanes) is 6. The van der Waals surface area contributed by atoms with Crippen molar-refractivity contribution in [2.45, 2.75) is 153 Å². The molecule has 0 aliphatic carbocycles. The summed E-state index contributed by atoms with van der Waals surface area (Å²) in [5, 5.41) is 72.9. The summed E-state index contributed by atoms with van der Waals surface area (Å²) in [5.41, 5.74) is 12.5. The maximum atomic E-state index is 10.8. The Labute approximate surface area is 419 Å². The van der Waals surface area contributed by atoms with Crippen molar-refractivity contribution in [3.05, 3.63) is 107 Å². The van der Waals surface area contributed by atoms with Crippen LogP contribution in [0.25, 0.3) is 68.6 Å². The van der Waals surface area contributed by atoms with Crippen molar-refractivity contribution in [3.8, 4) is 33.8 Å². The molecule has 9 rings (SSSR count). The summed E-state index contributed by atoms with van der Waals surface area (Å²) < 4.78 is 23.6. The zero-order valence-electron chi connectivity index (χ0n) is 41.2. The molecule has 4 aliphatic rings. The highest BCUT2D eigenvalue weighted by Gasteiger charge is 2.45. The second-order valence-electron chi connectivity index (χ2n) is 19.2. The number of benzene rings is 2. The lowest BCUT2D eigenvalue weighted by molar-refractivity contribution is -0.277. The van der Waals surface area contributed by atoms with Crippen molar-refractivity contribution in [2.75, 3.05) is 6.61 Å². The van der Waals surface area contributed by atoms with Gasteiger partial charge in [0.1, 0.15) is 54.2 Å². The molecule has 9 N–H and O–H groups in total. The molecule has 7 heterocycles. The van der Waals surface area contributed by atoms with Gasteiger partial charge in [0.2, 0.25) is 12.6 Å². The normalized spacial score (nSPS) is 25.0. The third-order valence-corrected chi connectivity index (χ3v) is 14.2. The van der Waals surface area contributed by atoms with Crippen molar-refractivity contribution in [1.82, 2.24) is 19.9 Å². The van der Waals surface area contributed by atoms with Crippen LogP contribution in [0.5, 0.6) is 11.5 Å². The zero-order chi connectivity index (χ0) is 50.5. The van der Waals surface area contributed by atoms with Gasteiger partial charge in [-0.05, 0) is 116 Å². The van der Waals surface area contributed by atoms with E-state index in [4.69, 9.17) is 28.9 Å². The molecule has 15 heteroatoms. The molecule has 4 unspecified atom stereocenters. The van der Waals surface area contributed by atoms with Gasteiger partial charge >= 0.3 is 0 Å². The van der Waals surface area contributed by atoms with Crippen LogP contribution in [0.15, 0.2) is 72.8 Å². The number of fused-ring (bicyclic) bond motifs is 8. The molecule has 0 spiro atoms. The van der Waals surface area contributed by atoms with Gasteiger partial charge in [-0.25, -0.2) is 9.97 Å². The van der Waals surface area contributed by atoms with E-state index in [1.54, 1.807) is 12.1 Å².